The van der Waals surface area contributed by atoms with E-state index in [0.29, 0.717) is 18.9 Å². The molecule has 2 rings (SSSR count). The molecule has 1 atom stereocenters. The molecule has 0 spiro atoms. The summed E-state index contributed by atoms with van der Waals surface area (Å²) in [6.07, 6.45) is 3.07. The molecule has 1 unspecified atom stereocenters. The molecule has 1 fully saturated rings. The molecular weight excluding hydrogens is 228 g/mol. The SMILES string of the molecule is CCC(C)(O)CNc1cc(NC)nc(C2CC2)n1. The maximum atomic E-state index is 9.98. The minimum absolute atomic E-state index is 0.494. The minimum Gasteiger partial charge on any atom is -0.388 e. The summed E-state index contributed by atoms with van der Waals surface area (Å²) in [6.45, 7) is 4.28. The van der Waals surface area contributed by atoms with Crippen molar-refractivity contribution in [2.45, 2.75) is 44.6 Å². The number of anilines is 2. The van der Waals surface area contributed by atoms with Gasteiger partial charge in [-0.25, -0.2) is 9.97 Å². The Kier molecular flexibility index (Phi) is 3.71. The monoisotopic (exact) mass is 250 g/mol. The standard InChI is InChI=1S/C13H22N4O/c1-4-13(2,18)8-15-11-7-10(14-3)16-12(17-11)9-5-6-9/h7,9,18H,4-6,8H2,1-3H3,(H2,14,15,16,17). The molecule has 1 aromatic rings. The number of aromatic nitrogens is 2. The van der Waals surface area contributed by atoms with Crippen molar-refractivity contribution in [2.75, 3.05) is 24.2 Å². The third-order valence-electron chi connectivity index (χ3n) is 3.35. The van der Waals surface area contributed by atoms with Crippen LogP contribution in [0.3, 0.4) is 0 Å². The highest BCUT2D eigenvalue weighted by Crippen LogP contribution is 2.38. The fourth-order valence-electron chi connectivity index (χ4n) is 1.61. The molecule has 3 N–H and O–H groups in total. The molecular formula is C13H22N4O. The van der Waals surface area contributed by atoms with Crippen molar-refractivity contribution in [2.24, 2.45) is 0 Å². The smallest absolute Gasteiger partial charge is 0.136 e. The zero-order valence-electron chi connectivity index (χ0n) is 11.3. The maximum absolute atomic E-state index is 9.98. The van der Waals surface area contributed by atoms with Crippen molar-refractivity contribution >= 4 is 11.6 Å². The summed E-state index contributed by atoms with van der Waals surface area (Å²) in [6, 6.07) is 1.87. The van der Waals surface area contributed by atoms with Crippen molar-refractivity contribution in [3.8, 4) is 0 Å². The van der Waals surface area contributed by atoms with Crippen molar-refractivity contribution in [3.63, 3.8) is 0 Å². The van der Waals surface area contributed by atoms with Gasteiger partial charge in [0.05, 0.1) is 5.60 Å². The van der Waals surface area contributed by atoms with Crippen LogP contribution in [-0.4, -0.2) is 34.3 Å². The van der Waals surface area contributed by atoms with Gasteiger partial charge in [-0.3, -0.25) is 0 Å². The van der Waals surface area contributed by atoms with Crippen molar-refractivity contribution in [3.05, 3.63) is 11.9 Å². The maximum Gasteiger partial charge on any atom is 0.136 e. The summed E-state index contributed by atoms with van der Waals surface area (Å²) >= 11 is 0. The second-order valence-corrected chi connectivity index (χ2v) is 5.22. The first-order valence-electron chi connectivity index (χ1n) is 6.57. The molecule has 100 valence electrons. The Hall–Kier alpha value is -1.36. The van der Waals surface area contributed by atoms with E-state index in [4.69, 9.17) is 0 Å². The highest BCUT2D eigenvalue weighted by molar-refractivity contribution is 5.48. The van der Waals surface area contributed by atoms with Gasteiger partial charge in [0.15, 0.2) is 0 Å². The van der Waals surface area contributed by atoms with E-state index in [-0.39, 0.29) is 0 Å². The van der Waals surface area contributed by atoms with Crippen LogP contribution in [0, 0.1) is 0 Å². The molecule has 1 aromatic heterocycles. The van der Waals surface area contributed by atoms with Gasteiger partial charge >= 0.3 is 0 Å². The van der Waals surface area contributed by atoms with Crippen LogP contribution in [0.2, 0.25) is 0 Å². The summed E-state index contributed by atoms with van der Waals surface area (Å²) in [5.41, 5.74) is -0.704. The zero-order chi connectivity index (χ0) is 13.2. The molecule has 0 aromatic carbocycles. The lowest BCUT2D eigenvalue weighted by Crippen LogP contribution is -2.32. The van der Waals surface area contributed by atoms with Crippen LogP contribution >= 0.6 is 0 Å². The Morgan fingerprint density at radius 2 is 2.06 bits per heavy atom. The Morgan fingerprint density at radius 3 is 2.61 bits per heavy atom. The predicted octanol–water partition coefficient (Wildman–Crippen LogP) is 1.97. The van der Waals surface area contributed by atoms with E-state index < -0.39 is 5.60 Å². The van der Waals surface area contributed by atoms with E-state index >= 15 is 0 Å². The van der Waals surface area contributed by atoms with Gasteiger partial charge in [0, 0.05) is 25.6 Å². The lowest BCUT2D eigenvalue weighted by atomic mass is 10.0. The summed E-state index contributed by atoms with van der Waals surface area (Å²) in [4.78, 5) is 8.96. The molecule has 0 amide bonds. The number of hydrogen-bond donors (Lipinski definition) is 3. The van der Waals surface area contributed by atoms with E-state index in [1.54, 1.807) is 0 Å². The summed E-state index contributed by atoms with van der Waals surface area (Å²) in [5, 5.41) is 16.2. The normalized spacial score (nSPS) is 18.2. The number of aliphatic hydroxyl groups is 1. The topological polar surface area (TPSA) is 70.1 Å². The second-order valence-electron chi connectivity index (χ2n) is 5.22. The lowest BCUT2D eigenvalue weighted by Gasteiger charge is -2.22. The van der Waals surface area contributed by atoms with Gasteiger partial charge in [0.2, 0.25) is 0 Å². The van der Waals surface area contributed by atoms with Crippen LogP contribution < -0.4 is 10.6 Å². The first-order chi connectivity index (χ1) is 8.54. The molecule has 5 nitrogen and oxygen atoms in total. The average Bonchev–Trinajstić information content (AvgIpc) is 3.20. The van der Waals surface area contributed by atoms with Crippen molar-refractivity contribution in [1.29, 1.82) is 0 Å². The molecule has 1 heterocycles. The van der Waals surface area contributed by atoms with E-state index in [1.807, 2.05) is 27.0 Å². The average molecular weight is 250 g/mol. The number of nitrogens with zero attached hydrogens (tertiary/aromatic N) is 2. The van der Waals surface area contributed by atoms with Crippen LogP contribution in [-0.2, 0) is 0 Å². The number of nitrogens with one attached hydrogen (secondary N) is 2. The van der Waals surface area contributed by atoms with Crippen LogP contribution in [0.25, 0.3) is 0 Å². The van der Waals surface area contributed by atoms with E-state index in [1.165, 1.54) is 12.8 Å². The molecule has 0 saturated heterocycles. The van der Waals surface area contributed by atoms with E-state index in [0.717, 1.165) is 17.5 Å². The third kappa shape index (κ3) is 3.32. The molecule has 0 bridgehead atoms. The summed E-state index contributed by atoms with van der Waals surface area (Å²) < 4.78 is 0. The lowest BCUT2D eigenvalue weighted by molar-refractivity contribution is 0.0696. The van der Waals surface area contributed by atoms with E-state index in [2.05, 4.69) is 20.6 Å². The van der Waals surface area contributed by atoms with Crippen LogP contribution in [0.1, 0.15) is 44.9 Å². The van der Waals surface area contributed by atoms with E-state index in [9.17, 15) is 5.11 Å². The molecule has 0 aliphatic heterocycles. The Bertz CT molecular complexity index is 415. The predicted molar refractivity (Wildman–Crippen MR) is 73.0 cm³/mol. The first kappa shape index (κ1) is 13.1. The molecule has 1 aliphatic rings. The van der Waals surface area contributed by atoms with Gasteiger partial charge < -0.3 is 15.7 Å². The quantitative estimate of drug-likeness (QED) is 0.720. The highest BCUT2D eigenvalue weighted by atomic mass is 16.3. The zero-order valence-corrected chi connectivity index (χ0v) is 11.3. The van der Waals surface area contributed by atoms with Crippen molar-refractivity contribution in [1.82, 2.24) is 9.97 Å². The minimum atomic E-state index is -0.704. The Balaban J connectivity index is 2.09. The molecule has 0 radical (unpaired) electrons. The van der Waals surface area contributed by atoms with Crippen LogP contribution in [0.15, 0.2) is 6.07 Å². The number of hydrogen-bond acceptors (Lipinski definition) is 5. The highest BCUT2D eigenvalue weighted by Gasteiger charge is 2.27. The fourth-order valence-corrected chi connectivity index (χ4v) is 1.61. The van der Waals surface area contributed by atoms with Gasteiger partial charge in [-0.2, -0.15) is 0 Å². The first-order valence-corrected chi connectivity index (χ1v) is 6.57. The van der Waals surface area contributed by atoms with Crippen LogP contribution in [0.4, 0.5) is 11.6 Å². The summed E-state index contributed by atoms with van der Waals surface area (Å²) in [5.74, 6) is 3.03. The van der Waals surface area contributed by atoms with Crippen molar-refractivity contribution < 1.29 is 5.11 Å². The van der Waals surface area contributed by atoms with Gasteiger partial charge in [-0.15, -0.1) is 0 Å². The third-order valence-corrected chi connectivity index (χ3v) is 3.35. The molecule has 1 aliphatic carbocycles. The van der Waals surface area contributed by atoms with Gasteiger partial charge in [-0.1, -0.05) is 6.92 Å². The summed E-state index contributed by atoms with van der Waals surface area (Å²) in [7, 11) is 1.85. The largest absolute Gasteiger partial charge is 0.388 e. The fraction of sp³-hybridized carbons (Fsp3) is 0.692. The Morgan fingerprint density at radius 1 is 1.39 bits per heavy atom. The van der Waals surface area contributed by atoms with Crippen LogP contribution in [0.5, 0.6) is 0 Å². The Labute approximate surface area is 108 Å². The second kappa shape index (κ2) is 5.10. The molecule has 18 heavy (non-hydrogen) atoms. The van der Waals surface area contributed by atoms with Gasteiger partial charge in [-0.05, 0) is 26.2 Å². The van der Waals surface area contributed by atoms with Gasteiger partial charge in [0.25, 0.3) is 0 Å². The number of rotatable bonds is 6. The molecule has 5 heteroatoms. The van der Waals surface area contributed by atoms with Gasteiger partial charge in [0.1, 0.15) is 17.5 Å². The molecule has 1 saturated carbocycles.